The van der Waals surface area contributed by atoms with Gasteiger partial charge in [0, 0.05) is 216 Å². The highest BCUT2D eigenvalue weighted by Gasteiger charge is 2.20. The molecule has 1 atom stereocenters. The van der Waals surface area contributed by atoms with Crippen LogP contribution in [-0.4, -0.2) is 134 Å². The van der Waals surface area contributed by atoms with Gasteiger partial charge in [-0.05, 0) is 174 Å². The van der Waals surface area contributed by atoms with Crippen LogP contribution in [0, 0.1) is 27.7 Å². The Balaban J connectivity index is 0.000000143. The number of methoxy groups -OCH3 is 1. The Morgan fingerprint density at radius 1 is 0.434 bits per heavy atom. The minimum absolute atomic E-state index is 0.0186. The van der Waals surface area contributed by atoms with Crippen LogP contribution in [0.3, 0.4) is 0 Å². The summed E-state index contributed by atoms with van der Waals surface area (Å²) in [5.41, 5.74) is 35.3. The molecule has 0 aliphatic heterocycles. The number of nitrogens with one attached hydrogen (secondary N) is 5. The molecule has 0 fully saturated rings. The van der Waals surface area contributed by atoms with Crippen molar-refractivity contribution in [2.45, 2.75) is 99.3 Å². The number of hydrogen-bond donors (Lipinski definition) is 9. The quantitative estimate of drug-likeness (QED) is 0.0504. The fourth-order valence-electron chi connectivity index (χ4n) is 13.9. The molecule has 40 heteroatoms. The van der Waals surface area contributed by atoms with Gasteiger partial charge < -0.3 is 52.6 Å². The number of anilines is 4. The summed E-state index contributed by atoms with van der Waals surface area (Å²) in [6, 6.07) is 57.3. The Morgan fingerprint density at radius 2 is 0.902 bits per heavy atom. The van der Waals surface area contributed by atoms with E-state index in [0.717, 1.165) is 65.1 Å². The number of ether oxygens (including phenoxy) is 1. The number of alkyl halides is 1. The predicted octanol–water partition coefficient (Wildman–Crippen LogP) is 22.5. The number of imidazole rings is 8. The maximum atomic E-state index is 11.7. The number of fused-ring (bicyclic) bond motifs is 8. The van der Waals surface area contributed by atoms with E-state index in [4.69, 9.17) is 62.5 Å². The van der Waals surface area contributed by atoms with Crippen molar-refractivity contribution in [3.05, 3.63) is 399 Å². The van der Waals surface area contributed by atoms with E-state index in [-0.39, 0.29) is 38.3 Å². The molecule has 0 bridgehead atoms. The minimum atomic E-state index is -0.315. The summed E-state index contributed by atoms with van der Waals surface area (Å²) in [6.45, 7) is 24.4. The largest absolute Gasteiger partial charge is 0.496 e. The van der Waals surface area contributed by atoms with E-state index < -0.39 is 0 Å². The fraction of sp³-hybridized carbons (Fsp3) is 0.155. The third kappa shape index (κ3) is 29.5. The van der Waals surface area contributed by atoms with Crippen molar-refractivity contribution < 1.29 is 9.53 Å². The zero-order valence-electron chi connectivity index (χ0n) is 79.9. The van der Waals surface area contributed by atoms with E-state index in [0.29, 0.717) is 61.1 Å². The van der Waals surface area contributed by atoms with E-state index in [9.17, 15) is 19.2 Å². The molecule has 734 valence electrons. The number of benzene rings is 4. The lowest BCUT2D eigenvalue weighted by Crippen LogP contribution is -2.12. The number of nitrogens with zero attached hydrogens (tertiary/aromatic N) is 19. The van der Waals surface area contributed by atoms with Crippen LogP contribution < -0.4 is 44.0 Å². The molecule has 0 radical (unpaired) electrons. The molecule has 0 aliphatic rings. The smallest absolute Gasteiger partial charge is 0.185 e. The Labute approximate surface area is 870 Å². The number of ketones is 1. The van der Waals surface area contributed by atoms with Gasteiger partial charge in [0.25, 0.3) is 0 Å². The highest BCUT2D eigenvalue weighted by atomic mass is 79.9. The topological polar surface area (TPSA) is 441 Å². The van der Waals surface area contributed by atoms with Gasteiger partial charge in [0.05, 0.1) is 29.8 Å². The van der Waals surface area contributed by atoms with Gasteiger partial charge in [-0.2, -0.15) is 0 Å². The lowest BCUT2D eigenvalue weighted by atomic mass is 9.88. The molecule has 1 unspecified atom stereocenters. The van der Waals surface area contributed by atoms with E-state index >= 15 is 0 Å². The van der Waals surface area contributed by atoms with Crippen molar-refractivity contribution in [1.29, 1.82) is 0 Å². The first kappa shape index (κ1) is 107. The Bertz CT molecular complexity index is 7930. The van der Waals surface area contributed by atoms with Crippen LogP contribution >= 0.6 is 98.5 Å². The van der Waals surface area contributed by atoms with Crippen LogP contribution in [0.15, 0.2) is 339 Å². The van der Waals surface area contributed by atoms with Gasteiger partial charge in [-0.3, -0.25) is 55.4 Å². The molecule has 22 rings (SSSR count). The van der Waals surface area contributed by atoms with E-state index in [1.54, 1.807) is 188 Å². The number of pyridine rings is 8. The summed E-state index contributed by atoms with van der Waals surface area (Å²) >= 11 is 30.2. The Hall–Kier alpha value is -15.1. The number of hydrogen-bond acceptors (Lipinski definition) is 20. The van der Waals surface area contributed by atoms with Crippen LogP contribution in [0.25, 0.3) is 89.8 Å². The van der Waals surface area contributed by atoms with Gasteiger partial charge in [-0.1, -0.05) is 145 Å². The second-order valence-corrected chi connectivity index (χ2v) is 38.7. The van der Waals surface area contributed by atoms with Crippen molar-refractivity contribution >= 4 is 182 Å². The molecule has 4 aromatic carbocycles. The molecule has 0 amide bonds. The minimum Gasteiger partial charge on any atom is -0.496 e. The van der Waals surface area contributed by atoms with Crippen LogP contribution in [0.5, 0.6) is 5.75 Å². The second-order valence-electron chi connectivity index (χ2n) is 33.7. The van der Waals surface area contributed by atoms with Gasteiger partial charge in [-0.15, -0.1) is 11.6 Å². The van der Waals surface area contributed by atoms with E-state index in [2.05, 4.69) is 287 Å². The summed E-state index contributed by atoms with van der Waals surface area (Å²) < 4.78 is 23.9. The van der Waals surface area contributed by atoms with Crippen molar-refractivity contribution in [3.63, 3.8) is 0 Å². The second kappa shape index (κ2) is 49.3. The summed E-state index contributed by atoms with van der Waals surface area (Å²) in [6.07, 6.45) is 34.4. The SMILES string of the molecule is Brc1ccc2c(c1)[nH]c1ccccc12.CC(=O)C(C)Cl.CC(C)(C)c1ccnc(-n2c3ccccc3c3ccc(Br)cc32)c1.CC(C)(C)c1ccnc(Br)c1.COc1cc(N)nc(-n2ccnc2)c1.Cc1[nH]c2cc(=O)cc(-n3ccnc3)n2c1C.Cc1[nH]c2cc(=O)cc(-n3ccnc3)n2c1C.Nc1cc(=O)cc(-n2ccnc2)[nH]1.Nc1cc(Cl)cc(-n2ccnc2)n1.Nc1cc(Cl)cc(Br)n1.c1c[nH]cn1. The Morgan fingerprint density at radius 3 is 1.38 bits per heavy atom. The van der Waals surface area contributed by atoms with Crippen molar-refractivity contribution in [3.8, 4) is 40.7 Å². The van der Waals surface area contributed by atoms with Crippen LogP contribution in [0.4, 0.5) is 23.3 Å². The first-order chi connectivity index (χ1) is 68.2. The van der Waals surface area contributed by atoms with Crippen LogP contribution in [-0.2, 0) is 15.6 Å². The lowest BCUT2D eigenvalue weighted by molar-refractivity contribution is -0.116. The summed E-state index contributed by atoms with van der Waals surface area (Å²) in [7, 11) is 1.59. The summed E-state index contributed by atoms with van der Waals surface area (Å²) in [5.74, 6) is 6.84. The third-order valence-electron chi connectivity index (χ3n) is 21.3. The number of aromatic nitrogens is 24. The highest BCUT2D eigenvalue weighted by Crippen LogP contribution is 2.36. The average molecular weight is 2240 g/mol. The van der Waals surface area contributed by atoms with Gasteiger partial charge in [-0.25, -0.2) is 54.8 Å². The molecule has 0 saturated carbocycles. The zero-order valence-corrected chi connectivity index (χ0v) is 88.6. The molecule has 33 nitrogen and oxygen atoms in total. The molecular weight excluding hydrogens is 2140 g/mol. The molecule has 0 aliphatic carbocycles. The number of H-pyrrole nitrogens is 5. The van der Waals surface area contributed by atoms with Gasteiger partial charge in [0.1, 0.15) is 122 Å². The van der Waals surface area contributed by atoms with E-state index in [1.165, 1.54) is 73.8 Å². The molecular formula is C103H103Br4Cl3N28O5. The van der Waals surface area contributed by atoms with Crippen molar-refractivity contribution in [2.24, 2.45) is 0 Å². The number of para-hydroxylation sites is 2. The van der Waals surface area contributed by atoms with Gasteiger partial charge in [0.15, 0.2) is 16.3 Å². The molecule has 18 heterocycles. The summed E-state index contributed by atoms with van der Waals surface area (Å²) in [5, 5.41) is 5.91. The number of aryl methyl sites for hydroxylation is 4. The van der Waals surface area contributed by atoms with Gasteiger partial charge >= 0.3 is 0 Å². The van der Waals surface area contributed by atoms with E-state index in [1.807, 2.05) is 82.6 Å². The standard InChI is InChI=1S/C21H19BrN2.C12H8BrN.2C12H12N4O.C9H12BrN.C9H10N4O.C8H7ClN4.C8H8N4O.C5H4BrClN2.C4H7ClO.C3H4N2/c1-21(2,3)14-10-11-23-20(12-14)24-18-7-5-4-6-16(18)17-9-8-15(22)13-19(17)24;13-8-5-6-10-9-3-1-2-4-11(9)14-12(10)7-8;2*1-8-9(2)16-11(14-8)5-10(17)6-12(16)15-4-3-13-7-15;1-9(2,3)7-4-5-11-8(10)6-7;1-14-7-4-8(10)12-9(5-7)13-3-2-11-6-13;9-6-3-7(10)12-8(4-6)13-2-1-11-5-13;9-7-3-6(13)4-8(11-7)12-2-1-10-5-12;6-4-1-3(7)2-5(8)9-4;1-3(5)4(2)6;1-2-5-3-4-1/h4-13H,1-3H3;1-7,14H;2*3-7,14H,1-2H3;4-6H,1-3H3;2-6H,1H3,(H2,10,12);1-5H,(H2,10,12);1-5H,(H3,9,11,13);1-2H,(H2,8,9);3H,1-2H3;1-3H,(H,4,5). The first-order valence-corrected chi connectivity index (χ1v) is 48.3. The maximum Gasteiger partial charge on any atom is 0.185 e. The number of carbonyl (C=O) groups excluding carboxylic acids is 1. The normalized spacial score (nSPS) is 11.0. The van der Waals surface area contributed by atoms with Crippen LogP contribution in [0.1, 0.15) is 89.3 Å². The number of nitrogens with two attached hydrogens (primary N) is 4. The highest BCUT2D eigenvalue weighted by molar-refractivity contribution is 9.11. The molecule has 0 saturated heterocycles. The number of halogens is 7. The van der Waals surface area contributed by atoms with Crippen molar-refractivity contribution in [2.75, 3.05) is 30.0 Å². The number of nitrogen functional groups attached to an aromatic ring is 4. The number of rotatable bonds is 8. The first-order valence-electron chi connectivity index (χ1n) is 44.0. The maximum absolute atomic E-state index is 11.7. The molecule has 13 N–H and O–H groups in total. The number of carbonyl (C=O) groups is 1. The lowest BCUT2D eigenvalue weighted by Gasteiger charge is -2.20. The molecule has 0 spiro atoms. The fourth-order valence-corrected chi connectivity index (χ4v) is 16.0. The van der Waals surface area contributed by atoms with Crippen LogP contribution in [0.2, 0.25) is 10.0 Å². The van der Waals surface area contributed by atoms with Gasteiger partial charge in [0.2, 0.25) is 0 Å². The summed E-state index contributed by atoms with van der Waals surface area (Å²) in [4.78, 5) is 104. The number of Topliss-reactive ketones (excluding diaryl/α,β-unsaturated/α-hetero) is 1. The number of aromatic amines is 5. The Kier molecular flexibility index (Phi) is 36.8. The molecule has 143 heavy (non-hydrogen) atoms. The van der Waals surface area contributed by atoms with Crippen molar-refractivity contribution in [1.82, 2.24) is 116 Å². The average Bonchev–Trinajstić information content (AvgIpc) is 1.59. The zero-order chi connectivity index (χ0) is 103. The molecule has 22 aromatic rings. The molecule has 18 aromatic heterocycles. The predicted molar refractivity (Wildman–Crippen MR) is 586 cm³/mol. The monoisotopic (exact) mass is 2230 g/mol. The third-order valence-corrected chi connectivity index (χ3v) is 23.8.